The number of aliphatic hydroxyl groups is 2. The number of phenols is 2. The van der Waals surface area contributed by atoms with E-state index in [0.29, 0.717) is 11.1 Å². The van der Waals surface area contributed by atoms with Crippen LogP contribution in [0.25, 0.3) is 12.2 Å². The molecule has 1 aliphatic rings. The highest BCUT2D eigenvalue weighted by molar-refractivity contribution is 5.88. The summed E-state index contributed by atoms with van der Waals surface area (Å²) in [6, 6.07) is 8.84. The van der Waals surface area contributed by atoms with Crippen LogP contribution in [0.15, 0.2) is 48.6 Å². The fourth-order valence-corrected chi connectivity index (χ4v) is 4.14. The minimum Gasteiger partial charge on any atom is -0.504 e. The molecule has 1 fully saturated rings. The van der Waals surface area contributed by atoms with Crippen LogP contribution >= 0.6 is 0 Å². The predicted octanol–water partition coefficient (Wildman–Crippen LogP) is 1.72. The number of benzene rings is 2. The first-order valence-electron chi connectivity index (χ1n) is 12.0. The molecule has 0 bridgehead atoms. The van der Waals surface area contributed by atoms with Gasteiger partial charge in [0.2, 0.25) is 0 Å². The molecule has 0 heterocycles. The topological polar surface area (TPSA) is 178 Å². The van der Waals surface area contributed by atoms with Crippen LogP contribution in [0.5, 0.6) is 23.0 Å². The summed E-state index contributed by atoms with van der Waals surface area (Å²) in [6.45, 7) is 0. The smallest absolute Gasteiger partial charge is 0.338 e. The molecule has 2 atom stereocenters. The first-order chi connectivity index (χ1) is 19.0. The summed E-state index contributed by atoms with van der Waals surface area (Å²) >= 11 is 0. The quantitative estimate of drug-likeness (QED) is 0.199. The average Bonchev–Trinajstić information content (AvgIpc) is 2.93. The number of carbonyl (C=O) groups is 3. The Labute approximate surface area is 229 Å². The van der Waals surface area contributed by atoms with E-state index in [4.69, 9.17) is 18.9 Å². The third kappa shape index (κ3) is 7.30. The van der Waals surface area contributed by atoms with Gasteiger partial charge in [0.05, 0.1) is 21.3 Å². The van der Waals surface area contributed by atoms with Crippen molar-refractivity contribution in [1.29, 1.82) is 0 Å². The second-order valence-electron chi connectivity index (χ2n) is 8.90. The fraction of sp³-hybridized carbons (Fsp3) is 0.321. The summed E-state index contributed by atoms with van der Waals surface area (Å²) in [5, 5.41) is 41.5. The number of phenolic OH excluding ortho intramolecular Hbond substituents is 2. The van der Waals surface area contributed by atoms with E-state index in [1.165, 1.54) is 50.6 Å². The van der Waals surface area contributed by atoms with Gasteiger partial charge in [-0.3, -0.25) is 0 Å². The maximum Gasteiger partial charge on any atom is 0.338 e. The molecule has 2 aromatic rings. The number of aromatic hydroxyl groups is 2. The molecule has 0 saturated heterocycles. The number of methoxy groups -OCH3 is 3. The van der Waals surface area contributed by atoms with Crippen molar-refractivity contribution in [2.45, 2.75) is 36.8 Å². The first kappa shape index (κ1) is 30.0. The van der Waals surface area contributed by atoms with E-state index in [2.05, 4.69) is 4.74 Å². The standard InChI is InChI=1S/C28H30O12/c1-36-20-8-4-16(12-18(20)29)6-10-24(31)39-22-14-28(35,27(34)38-3)15-23(26(22)33)40-25(32)11-7-17-5-9-21(37-2)19(30)13-17/h4-13,22-23,26,29-30,33,35H,14-15H2,1-3H3/b10-6+,11-7+/t22-,23-,26?,28?/m1/s1. The van der Waals surface area contributed by atoms with Crippen LogP contribution in [-0.4, -0.2) is 83.6 Å². The Morgan fingerprint density at radius 2 is 1.23 bits per heavy atom. The van der Waals surface area contributed by atoms with E-state index in [1.54, 1.807) is 12.1 Å². The molecule has 12 nitrogen and oxygen atoms in total. The number of esters is 3. The monoisotopic (exact) mass is 558 g/mol. The van der Waals surface area contributed by atoms with E-state index in [-0.39, 0.29) is 23.0 Å². The third-order valence-corrected chi connectivity index (χ3v) is 6.17. The Bertz CT molecular complexity index is 1210. The summed E-state index contributed by atoms with van der Waals surface area (Å²) < 4.78 is 25.2. The largest absolute Gasteiger partial charge is 0.504 e. The SMILES string of the molecule is COC(=O)C1(O)C[C@@H](OC(=O)/C=C/c2ccc(OC)c(O)c2)C(O)[C@H](OC(=O)/C=C/c2ccc(OC)c(O)c2)C1. The van der Waals surface area contributed by atoms with E-state index in [0.717, 1.165) is 19.3 Å². The van der Waals surface area contributed by atoms with Crippen LogP contribution < -0.4 is 9.47 Å². The zero-order valence-corrected chi connectivity index (χ0v) is 22.0. The fourth-order valence-electron chi connectivity index (χ4n) is 4.14. The molecule has 0 amide bonds. The van der Waals surface area contributed by atoms with Crippen molar-refractivity contribution >= 4 is 30.1 Å². The van der Waals surface area contributed by atoms with Gasteiger partial charge in [-0.2, -0.15) is 0 Å². The van der Waals surface area contributed by atoms with Gasteiger partial charge in [-0.1, -0.05) is 12.1 Å². The number of carbonyl (C=O) groups excluding carboxylic acids is 3. The highest BCUT2D eigenvalue weighted by Gasteiger charge is 2.52. The van der Waals surface area contributed by atoms with E-state index in [9.17, 15) is 34.8 Å². The second-order valence-corrected chi connectivity index (χ2v) is 8.90. The molecule has 40 heavy (non-hydrogen) atoms. The van der Waals surface area contributed by atoms with Gasteiger partial charge in [0.1, 0.15) is 18.3 Å². The summed E-state index contributed by atoms with van der Waals surface area (Å²) in [5.74, 6) is -2.74. The van der Waals surface area contributed by atoms with Crippen molar-refractivity contribution in [3.8, 4) is 23.0 Å². The number of hydrogen-bond acceptors (Lipinski definition) is 12. The highest BCUT2D eigenvalue weighted by Crippen LogP contribution is 2.34. The number of ether oxygens (including phenoxy) is 5. The first-order valence-corrected chi connectivity index (χ1v) is 12.0. The zero-order chi connectivity index (χ0) is 29.4. The van der Waals surface area contributed by atoms with Gasteiger partial charge < -0.3 is 44.1 Å². The van der Waals surface area contributed by atoms with Gasteiger partial charge in [-0.05, 0) is 47.5 Å². The molecule has 0 aromatic heterocycles. The Morgan fingerprint density at radius 1 is 0.800 bits per heavy atom. The minimum atomic E-state index is -2.22. The third-order valence-electron chi connectivity index (χ3n) is 6.17. The lowest BCUT2D eigenvalue weighted by Crippen LogP contribution is -2.58. The molecule has 4 N–H and O–H groups in total. The molecule has 0 spiro atoms. The molecular formula is C28H30O12. The molecule has 12 heteroatoms. The van der Waals surface area contributed by atoms with Gasteiger partial charge >= 0.3 is 17.9 Å². The maximum absolute atomic E-state index is 12.5. The molecule has 0 radical (unpaired) electrons. The molecule has 3 rings (SSSR count). The van der Waals surface area contributed by atoms with Crippen molar-refractivity contribution < 1.29 is 58.5 Å². The summed E-state index contributed by atoms with van der Waals surface area (Å²) in [6.07, 6.45) is -0.793. The lowest BCUT2D eigenvalue weighted by molar-refractivity contribution is -0.204. The van der Waals surface area contributed by atoms with Crippen molar-refractivity contribution in [2.75, 3.05) is 21.3 Å². The predicted molar refractivity (Wildman–Crippen MR) is 139 cm³/mol. The van der Waals surface area contributed by atoms with Gasteiger partial charge in [-0.25, -0.2) is 14.4 Å². The summed E-state index contributed by atoms with van der Waals surface area (Å²) in [4.78, 5) is 37.3. The van der Waals surface area contributed by atoms with E-state index < -0.39 is 54.7 Å². The Kier molecular flexibility index (Phi) is 9.75. The van der Waals surface area contributed by atoms with Crippen molar-refractivity contribution in [3.05, 3.63) is 59.7 Å². The molecule has 1 saturated carbocycles. The molecule has 1 aliphatic carbocycles. The Morgan fingerprint density at radius 3 is 1.57 bits per heavy atom. The van der Waals surface area contributed by atoms with Crippen LogP contribution in [0.3, 0.4) is 0 Å². The Balaban J connectivity index is 1.73. The highest BCUT2D eigenvalue weighted by atomic mass is 16.6. The lowest BCUT2D eigenvalue weighted by atomic mass is 9.79. The van der Waals surface area contributed by atoms with Crippen molar-refractivity contribution in [3.63, 3.8) is 0 Å². The summed E-state index contributed by atoms with van der Waals surface area (Å²) in [7, 11) is 3.83. The van der Waals surface area contributed by atoms with Gasteiger partial charge in [-0.15, -0.1) is 0 Å². The normalized spacial score (nSPS) is 22.6. The lowest BCUT2D eigenvalue weighted by Gasteiger charge is -2.41. The van der Waals surface area contributed by atoms with Gasteiger partial charge in [0.25, 0.3) is 0 Å². The van der Waals surface area contributed by atoms with Gasteiger partial charge in [0.15, 0.2) is 28.6 Å². The minimum absolute atomic E-state index is 0.147. The molecule has 2 aromatic carbocycles. The molecule has 0 unspecified atom stereocenters. The average molecular weight is 559 g/mol. The van der Waals surface area contributed by atoms with Crippen LogP contribution in [-0.2, 0) is 28.6 Å². The van der Waals surface area contributed by atoms with Crippen molar-refractivity contribution in [1.82, 2.24) is 0 Å². The number of rotatable bonds is 9. The molecular weight excluding hydrogens is 528 g/mol. The number of aliphatic hydroxyl groups excluding tert-OH is 1. The summed E-state index contributed by atoms with van der Waals surface area (Å²) in [5.41, 5.74) is -1.34. The van der Waals surface area contributed by atoms with Crippen LogP contribution in [0.2, 0.25) is 0 Å². The maximum atomic E-state index is 12.5. The van der Waals surface area contributed by atoms with E-state index >= 15 is 0 Å². The van der Waals surface area contributed by atoms with Gasteiger partial charge in [0, 0.05) is 25.0 Å². The molecule has 0 aliphatic heterocycles. The van der Waals surface area contributed by atoms with Crippen LogP contribution in [0.1, 0.15) is 24.0 Å². The molecule has 214 valence electrons. The van der Waals surface area contributed by atoms with Crippen LogP contribution in [0.4, 0.5) is 0 Å². The number of hydrogen-bond donors (Lipinski definition) is 4. The van der Waals surface area contributed by atoms with Crippen LogP contribution in [0, 0.1) is 0 Å². The van der Waals surface area contributed by atoms with E-state index in [1.807, 2.05) is 0 Å². The van der Waals surface area contributed by atoms with Crippen molar-refractivity contribution in [2.24, 2.45) is 0 Å². The zero-order valence-electron chi connectivity index (χ0n) is 22.0. The Hall–Kier alpha value is -4.55. The second kappa shape index (κ2) is 13.0.